The van der Waals surface area contributed by atoms with Gasteiger partial charge in [0.25, 0.3) is 0 Å². The summed E-state index contributed by atoms with van der Waals surface area (Å²) in [5.74, 6) is 1.48. The molecule has 0 aromatic carbocycles. The lowest BCUT2D eigenvalue weighted by Crippen LogP contribution is -2.35. The molecule has 0 amide bonds. The molecule has 2 unspecified atom stereocenters. The normalized spacial score (nSPS) is 24.4. The van der Waals surface area contributed by atoms with Crippen molar-refractivity contribution >= 4 is 15.9 Å². The number of rotatable bonds is 5. The third kappa shape index (κ3) is 2.18. The molecular weight excluding hydrogens is 266 g/mol. The maximum absolute atomic E-state index is 4.40. The Morgan fingerprint density at radius 1 is 1.50 bits per heavy atom. The van der Waals surface area contributed by atoms with Crippen molar-refractivity contribution in [3.8, 4) is 0 Å². The van der Waals surface area contributed by atoms with Crippen molar-refractivity contribution < 1.29 is 0 Å². The second kappa shape index (κ2) is 5.32. The molecule has 1 N–H and O–H groups in total. The summed E-state index contributed by atoms with van der Waals surface area (Å²) < 4.78 is 3.31. The van der Waals surface area contributed by atoms with Crippen molar-refractivity contribution in [2.24, 2.45) is 5.92 Å². The number of aryl methyl sites for hydroxylation is 1. The zero-order valence-electron chi connectivity index (χ0n) is 10.0. The zero-order chi connectivity index (χ0) is 11.5. The minimum Gasteiger partial charge on any atom is -0.317 e. The first-order chi connectivity index (χ1) is 7.77. The van der Waals surface area contributed by atoms with Gasteiger partial charge in [0.15, 0.2) is 0 Å². The van der Waals surface area contributed by atoms with Crippen LogP contribution in [0.1, 0.15) is 38.3 Å². The summed E-state index contributed by atoms with van der Waals surface area (Å²) >= 11 is 3.63. The van der Waals surface area contributed by atoms with E-state index in [1.54, 1.807) is 0 Å². The molecular formula is C12H20BrN3. The molecule has 1 fully saturated rings. The SMILES string of the molecule is CCNCC1CCC1c1c(Br)cnn1CC. The number of nitrogens with one attached hydrogen (secondary N) is 1. The van der Waals surface area contributed by atoms with Gasteiger partial charge in [0.05, 0.1) is 16.4 Å². The van der Waals surface area contributed by atoms with Crippen molar-refractivity contribution in [2.75, 3.05) is 13.1 Å². The molecule has 1 aliphatic carbocycles. The largest absolute Gasteiger partial charge is 0.317 e. The van der Waals surface area contributed by atoms with Gasteiger partial charge in [-0.15, -0.1) is 0 Å². The summed E-state index contributed by atoms with van der Waals surface area (Å²) in [6.07, 6.45) is 4.58. The van der Waals surface area contributed by atoms with Crippen molar-refractivity contribution in [2.45, 2.75) is 39.2 Å². The molecule has 2 rings (SSSR count). The monoisotopic (exact) mass is 285 g/mol. The fourth-order valence-corrected chi connectivity index (χ4v) is 3.09. The van der Waals surface area contributed by atoms with E-state index in [2.05, 4.69) is 44.9 Å². The van der Waals surface area contributed by atoms with Gasteiger partial charge in [-0.05, 0) is 54.7 Å². The van der Waals surface area contributed by atoms with Crippen LogP contribution in [0.25, 0.3) is 0 Å². The summed E-state index contributed by atoms with van der Waals surface area (Å²) in [6, 6.07) is 0. The lowest BCUT2D eigenvalue weighted by Gasteiger charge is -2.37. The van der Waals surface area contributed by atoms with Gasteiger partial charge in [0, 0.05) is 12.5 Å². The van der Waals surface area contributed by atoms with E-state index in [0.29, 0.717) is 5.92 Å². The van der Waals surface area contributed by atoms with E-state index in [1.165, 1.54) is 23.0 Å². The summed E-state index contributed by atoms with van der Waals surface area (Å²) in [5.41, 5.74) is 1.40. The van der Waals surface area contributed by atoms with Crippen LogP contribution in [0.2, 0.25) is 0 Å². The maximum atomic E-state index is 4.40. The van der Waals surface area contributed by atoms with Crippen LogP contribution in [0, 0.1) is 5.92 Å². The van der Waals surface area contributed by atoms with E-state index in [4.69, 9.17) is 0 Å². The summed E-state index contributed by atoms with van der Waals surface area (Å²) in [7, 11) is 0. The second-order valence-corrected chi connectivity index (χ2v) is 5.30. The van der Waals surface area contributed by atoms with Crippen LogP contribution >= 0.6 is 15.9 Å². The van der Waals surface area contributed by atoms with Crippen LogP contribution in [0.3, 0.4) is 0 Å². The van der Waals surface area contributed by atoms with Gasteiger partial charge in [-0.1, -0.05) is 6.92 Å². The number of nitrogens with zero attached hydrogens (tertiary/aromatic N) is 2. The Morgan fingerprint density at radius 2 is 2.31 bits per heavy atom. The van der Waals surface area contributed by atoms with Crippen LogP contribution in [-0.4, -0.2) is 22.9 Å². The highest BCUT2D eigenvalue weighted by Crippen LogP contribution is 2.44. The highest BCUT2D eigenvalue weighted by atomic mass is 79.9. The number of hydrogen-bond donors (Lipinski definition) is 1. The third-order valence-electron chi connectivity index (χ3n) is 3.56. The van der Waals surface area contributed by atoms with Crippen molar-refractivity contribution in [1.29, 1.82) is 0 Å². The highest BCUT2D eigenvalue weighted by molar-refractivity contribution is 9.10. The number of hydrogen-bond acceptors (Lipinski definition) is 2. The van der Waals surface area contributed by atoms with Crippen molar-refractivity contribution in [3.63, 3.8) is 0 Å². The molecule has 0 radical (unpaired) electrons. The van der Waals surface area contributed by atoms with Crippen LogP contribution in [0.4, 0.5) is 0 Å². The third-order valence-corrected chi connectivity index (χ3v) is 4.17. The predicted octanol–water partition coefficient (Wildman–Crippen LogP) is 2.77. The first-order valence-electron chi connectivity index (χ1n) is 6.19. The molecule has 0 spiro atoms. The van der Waals surface area contributed by atoms with Gasteiger partial charge in [-0.3, -0.25) is 4.68 Å². The van der Waals surface area contributed by atoms with Crippen molar-refractivity contribution in [3.05, 3.63) is 16.4 Å². The molecule has 1 heterocycles. The molecule has 0 saturated heterocycles. The van der Waals surface area contributed by atoms with E-state index in [1.807, 2.05) is 6.20 Å². The zero-order valence-corrected chi connectivity index (χ0v) is 11.6. The smallest absolute Gasteiger partial charge is 0.0635 e. The van der Waals surface area contributed by atoms with Crippen LogP contribution in [0.5, 0.6) is 0 Å². The quantitative estimate of drug-likeness (QED) is 0.902. The van der Waals surface area contributed by atoms with E-state index in [9.17, 15) is 0 Å². The Hall–Kier alpha value is -0.350. The van der Waals surface area contributed by atoms with Gasteiger partial charge in [-0.2, -0.15) is 5.10 Å². The van der Waals surface area contributed by atoms with Crippen LogP contribution < -0.4 is 5.32 Å². The van der Waals surface area contributed by atoms with E-state index >= 15 is 0 Å². The first kappa shape index (κ1) is 12.1. The molecule has 16 heavy (non-hydrogen) atoms. The Labute approximate surface area is 106 Å². The lowest BCUT2D eigenvalue weighted by molar-refractivity contribution is 0.234. The molecule has 1 aromatic heterocycles. The maximum Gasteiger partial charge on any atom is 0.0635 e. The van der Waals surface area contributed by atoms with Gasteiger partial charge < -0.3 is 5.32 Å². The second-order valence-electron chi connectivity index (χ2n) is 4.45. The van der Waals surface area contributed by atoms with Crippen LogP contribution in [-0.2, 0) is 6.54 Å². The van der Waals surface area contributed by atoms with Crippen LogP contribution in [0.15, 0.2) is 10.7 Å². The number of aromatic nitrogens is 2. The Balaban J connectivity index is 2.08. The molecule has 1 aromatic rings. The number of halogens is 1. The van der Waals surface area contributed by atoms with Gasteiger partial charge >= 0.3 is 0 Å². The average molecular weight is 286 g/mol. The van der Waals surface area contributed by atoms with E-state index < -0.39 is 0 Å². The van der Waals surface area contributed by atoms with E-state index in [-0.39, 0.29) is 0 Å². The van der Waals surface area contributed by atoms with Crippen molar-refractivity contribution in [1.82, 2.24) is 15.1 Å². The molecule has 1 saturated carbocycles. The molecule has 0 aliphatic heterocycles. The topological polar surface area (TPSA) is 29.9 Å². The lowest BCUT2D eigenvalue weighted by atomic mass is 9.71. The standard InChI is InChI=1S/C12H20BrN3/c1-3-14-7-9-5-6-10(9)12-11(13)8-15-16(12)4-2/h8-10,14H,3-7H2,1-2H3. The molecule has 90 valence electrons. The molecule has 0 bridgehead atoms. The first-order valence-corrected chi connectivity index (χ1v) is 6.99. The molecule has 2 atom stereocenters. The predicted molar refractivity (Wildman–Crippen MR) is 69.6 cm³/mol. The molecule has 1 aliphatic rings. The fourth-order valence-electron chi connectivity index (χ4n) is 2.50. The van der Waals surface area contributed by atoms with Gasteiger partial charge in [-0.25, -0.2) is 0 Å². The fraction of sp³-hybridized carbons (Fsp3) is 0.750. The average Bonchev–Trinajstić information content (AvgIpc) is 2.60. The minimum absolute atomic E-state index is 0.691. The summed E-state index contributed by atoms with van der Waals surface area (Å²) in [5, 5.41) is 7.86. The Bertz CT molecular complexity index is 348. The molecule has 4 heteroatoms. The van der Waals surface area contributed by atoms with Gasteiger partial charge in [0.2, 0.25) is 0 Å². The van der Waals surface area contributed by atoms with Gasteiger partial charge in [0.1, 0.15) is 0 Å². The summed E-state index contributed by atoms with van der Waals surface area (Å²) in [4.78, 5) is 0. The Morgan fingerprint density at radius 3 is 2.88 bits per heavy atom. The Kier molecular flexibility index (Phi) is 4.03. The summed E-state index contributed by atoms with van der Waals surface area (Å²) in [6.45, 7) is 7.49. The highest BCUT2D eigenvalue weighted by Gasteiger charge is 2.35. The van der Waals surface area contributed by atoms with E-state index in [0.717, 1.165) is 25.6 Å². The molecule has 3 nitrogen and oxygen atoms in total. The minimum atomic E-state index is 0.691.